The molecular formula is C19H22N4O4. The number of nitrogens with zero attached hydrogens (tertiary/aromatic N) is 3. The van der Waals surface area contributed by atoms with E-state index in [4.69, 9.17) is 9.47 Å². The molecule has 3 rings (SSSR count). The van der Waals surface area contributed by atoms with Gasteiger partial charge < -0.3 is 24.3 Å². The summed E-state index contributed by atoms with van der Waals surface area (Å²) in [6.45, 7) is 1.21. The predicted molar refractivity (Wildman–Crippen MR) is 100 cm³/mol. The molecule has 8 heteroatoms. The second-order valence-electron chi connectivity index (χ2n) is 6.11. The minimum atomic E-state index is -0.360. The van der Waals surface area contributed by atoms with Gasteiger partial charge in [0.1, 0.15) is 5.69 Å². The smallest absolute Gasteiger partial charge is 0.274 e. The lowest BCUT2D eigenvalue weighted by Gasteiger charge is -2.24. The highest BCUT2D eigenvalue weighted by Crippen LogP contribution is 2.37. The number of carbonyl (C=O) groups is 2. The minimum Gasteiger partial charge on any atom is -0.493 e. The summed E-state index contributed by atoms with van der Waals surface area (Å²) in [4.78, 5) is 31.1. The highest BCUT2D eigenvalue weighted by molar-refractivity contribution is 6.05. The highest BCUT2D eigenvalue weighted by atomic mass is 16.5. The fraction of sp³-hybridized carbons (Fsp3) is 0.316. The van der Waals surface area contributed by atoms with E-state index in [0.717, 1.165) is 6.42 Å². The lowest BCUT2D eigenvalue weighted by atomic mass is 10.1. The molecule has 1 aromatic carbocycles. The number of hydrogen-bond donors (Lipinski definition) is 1. The Balaban J connectivity index is 1.96. The number of aromatic nitrogens is 2. The zero-order chi connectivity index (χ0) is 19.4. The van der Waals surface area contributed by atoms with E-state index in [9.17, 15) is 9.59 Å². The molecule has 0 bridgehead atoms. The van der Waals surface area contributed by atoms with Crippen molar-refractivity contribution in [1.29, 1.82) is 0 Å². The number of imidazole rings is 1. The number of benzene rings is 1. The monoisotopic (exact) mass is 370 g/mol. The van der Waals surface area contributed by atoms with Crippen LogP contribution in [0.4, 0.5) is 5.69 Å². The summed E-state index contributed by atoms with van der Waals surface area (Å²) >= 11 is 0. The summed E-state index contributed by atoms with van der Waals surface area (Å²) in [7, 11) is 4.69. The van der Waals surface area contributed by atoms with Gasteiger partial charge in [0.05, 0.1) is 32.4 Å². The van der Waals surface area contributed by atoms with Crippen LogP contribution in [0.1, 0.15) is 27.3 Å². The van der Waals surface area contributed by atoms with Gasteiger partial charge in [-0.1, -0.05) is 12.2 Å². The summed E-state index contributed by atoms with van der Waals surface area (Å²) in [5.74, 6) is 0.233. The van der Waals surface area contributed by atoms with Gasteiger partial charge in [-0.2, -0.15) is 0 Å². The summed E-state index contributed by atoms with van der Waals surface area (Å²) < 4.78 is 12.4. The summed E-state index contributed by atoms with van der Waals surface area (Å²) in [6.07, 6.45) is 7.85. The molecule has 8 nitrogen and oxygen atoms in total. The van der Waals surface area contributed by atoms with Gasteiger partial charge in [-0.25, -0.2) is 4.98 Å². The maximum absolute atomic E-state index is 12.9. The fourth-order valence-electron chi connectivity index (χ4n) is 2.95. The van der Waals surface area contributed by atoms with E-state index in [1.807, 2.05) is 6.08 Å². The topological polar surface area (TPSA) is 85.7 Å². The lowest BCUT2D eigenvalue weighted by molar-refractivity contribution is 0.0770. The van der Waals surface area contributed by atoms with Gasteiger partial charge >= 0.3 is 0 Å². The quantitative estimate of drug-likeness (QED) is 0.815. The summed E-state index contributed by atoms with van der Waals surface area (Å²) in [5, 5.41) is 2.79. The van der Waals surface area contributed by atoms with E-state index in [0.29, 0.717) is 41.5 Å². The number of hydrogen-bond acceptors (Lipinski definition) is 5. The van der Waals surface area contributed by atoms with Crippen molar-refractivity contribution >= 4 is 17.5 Å². The standard InChI is InChI=1S/C19H22N4O4/c1-22-12-20-11-15(22)18(24)21-14-9-13(10-16(26-2)17(14)27-3)19(25)23-7-5-4-6-8-23/h4-5,9-12H,6-8H2,1-3H3,(H,21,24). The molecule has 0 aliphatic carbocycles. The van der Waals surface area contributed by atoms with Crippen molar-refractivity contribution in [3.63, 3.8) is 0 Å². The average molecular weight is 370 g/mol. The van der Waals surface area contributed by atoms with Crippen molar-refractivity contribution in [2.45, 2.75) is 6.42 Å². The molecule has 27 heavy (non-hydrogen) atoms. The lowest BCUT2D eigenvalue weighted by Crippen LogP contribution is -2.33. The number of methoxy groups -OCH3 is 2. The first-order valence-electron chi connectivity index (χ1n) is 8.53. The minimum absolute atomic E-state index is 0.128. The molecule has 2 aromatic rings. The fourth-order valence-corrected chi connectivity index (χ4v) is 2.95. The van der Waals surface area contributed by atoms with Crippen LogP contribution in [0.2, 0.25) is 0 Å². The Morgan fingerprint density at radius 1 is 1.19 bits per heavy atom. The maximum Gasteiger partial charge on any atom is 0.274 e. The van der Waals surface area contributed by atoms with Gasteiger partial charge in [0.2, 0.25) is 0 Å². The number of amides is 2. The van der Waals surface area contributed by atoms with Crippen molar-refractivity contribution < 1.29 is 19.1 Å². The van der Waals surface area contributed by atoms with Crippen LogP contribution in [0.5, 0.6) is 11.5 Å². The Kier molecular flexibility index (Phi) is 5.44. The van der Waals surface area contributed by atoms with Crippen LogP contribution in [0.15, 0.2) is 36.8 Å². The molecule has 1 aliphatic heterocycles. The first-order valence-corrected chi connectivity index (χ1v) is 8.53. The van der Waals surface area contributed by atoms with Gasteiger partial charge in [-0.15, -0.1) is 0 Å². The number of carbonyl (C=O) groups excluding carboxylic acids is 2. The second-order valence-corrected chi connectivity index (χ2v) is 6.11. The summed E-state index contributed by atoms with van der Waals surface area (Å²) in [5.41, 5.74) is 1.16. The third-order valence-corrected chi connectivity index (χ3v) is 4.37. The number of anilines is 1. The Morgan fingerprint density at radius 3 is 2.59 bits per heavy atom. The van der Waals surface area contributed by atoms with Crippen LogP contribution in [-0.2, 0) is 7.05 Å². The van der Waals surface area contributed by atoms with Crippen molar-refractivity contribution in [1.82, 2.24) is 14.5 Å². The van der Waals surface area contributed by atoms with Gasteiger partial charge in [0.15, 0.2) is 11.5 Å². The first kappa shape index (κ1) is 18.5. The van der Waals surface area contributed by atoms with Gasteiger partial charge in [0, 0.05) is 25.7 Å². The van der Waals surface area contributed by atoms with Gasteiger partial charge in [0.25, 0.3) is 11.8 Å². The van der Waals surface area contributed by atoms with E-state index in [1.165, 1.54) is 26.7 Å². The highest BCUT2D eigenvalue weighted by Gasteiger charge is 2.22. The molecule has 0 saturated heterocycles. The molecular weight excluding hydrogens is 348 g/mol. The largest absolute Gasteiger partial charge is 0.493 e. The first-order chi connectivity index (χ1) is 13.0. The number of rotatable bonds is 5. The van der Waals surface area contributed by atoms with Crippen molar-refractivity contribution in [3.05, 3.63) is 48.1 Å². The third kappa shape index (κ3) is 3.79. The van der Waals surface area contributed by atoms with Crippen LogP contribution < -0.4 is 14.8 Å². The second kappa shape index (κ2) is 7.94. The van der Waals surface area contributed by atoms with Crippen molar-refractivity contribution in [2.75, 3.05) is 32.6 Å². The molecule has 1 aromatic heterocycles. The Bertz CT molecular complexity index is 888. The maximum atomic E-state index is 12.9. The van der Waals surface area contributed by atoms with Crippen LogP contribution in [-0.4, -0.2) is 53.6 Å². The van der Waals surface area contributed by atoms with Gasteiger partial charge in [-0.3, -0.25) is 9.59 Å². The normalized spacial score (nSPS) is 13.4. The molecule has 142 valence electrons. The van der Waals surface area contributed by atoms with Crippen LogP contribution >= 0.6 is 0 Å². The molecule has 0 radical (unpaired) electrons. The van der Waals surface area contributed by atoms with E-state index >= 15 is 0 Å². The Labute approximate surface area is 157 Å². The Morgan fingerprint density at radius 2 is 2.00 bits per heavy atom. The number of nitrogens with one attached hydrogen (secondary N) is 1. The zero-order valence-electron chi connectivity index (χ0n) is 15.6. The molecule has 1 aliphatic rings. The van der Waals surface area contributed by atoms with Crippen LogP contribution in [0.3, 0.4) is 0 Å². The van der Waals surface area contributed by atoms with Crippen LogP contribution in [0, 0.1) is 0 Å². The number of ether oxygens (including phenoxy) is 2. The average Bonchev–Trinajstić information content (AvgIpc) is 3.13. The van der Waals surface area contributed by atoms with E-state index in [-0.39, 0.29) is 11.8 Å². The molecule has 1 N–H and O–H groups in total. The van der Waals surface area contributed by atoms with Crippen LogP contribution in [0.25, 0.3) is 0 Å². The predicted octanol–water partition coefficient (Wildman–Crippen LogP) is 2.09. The summed E-state index contributed by atoms with van der Waals surface area (Å²) in [6, 6.07) is 3.23. The molecule has 0 spiro atoms. The third-order valence-electron chi connectivity index (χ3n) is 4.37. The number of aryl methyl sites for hydroxylation is 1. The molecule has 0 fully saturated rings. The molecule has 2 amide bonds. The molecule has 0 unspecified atom stereocenters. The van der Waals surface area contributed by atoms with E-state index in [1.54, 1.807) is 28.6 Å². The molecule has 2 heterocycles. The van der Waals surface area contributed by atoms with E-state index in [2.05, 4.69) is 16.4 Å². The van der Waals surface area contributed by atoms with Crippen molar-refractivity contribution in [2.24, 2.45) is 7.05 Å². The molecule has 0 atom stereocenters. The Hall–Kier alpha value is -3.29. The zero-order valence-corrected chi connectivity index (χ0v) is 15.6. The van der Waals surface area contributed by atoms with Crippen molar-refractivity contribution in [3.8, 4) is 11.5 Å². The van der Waals surface area contributed by atoms with Gasteiger partial charge in [-0.05, 0) is 18.6 Å². The van der Waals surface area contributed by atoms with E-state index < -0.39 is 0 Å². The molecule has 0 saturated carbocycles. The SMILES string of the molecule is COc1cc(C(=O)N2CC=CCC2)cc(NC(=O)c2cncn2C)c1OC.